The van der Waals surface area contributed by atoms with Crippen molar-refractivity contribution in [2.75, 3.05) is 22.5 Å². The van der Waals surface area contributed by atoms with Crippen molar-refractivity contribution in [3.63, 3.8) is 0 Å². The molecule has 0 unspecified atom stereocenters. The molecule has 7 heteroatoms. The molecule has 0 atom stereocenters. The number of benzene rings is 2. The molecule has 2 amide bonds. The smallest absolute Gasteiger partial charge is 0.275 e. The molecule has 1 aromatic heterocycles. The van der Waals surface area contributed by atoms with Gasteiger partial charge in [0.15, 0.2) is 0 Å². The van der Waals surface area contributed by atoms with Gasteiger partial charge in [0.2, 0.25) is 5.91 Å². The van der Waals surface area contributed by atoms with Crippen molar-refractivity contribution in [3.8, 4) is 0 Å². The van der Waals surface area contributed by atoms with E-state index in [9.17, 15) is 9.59 Å². The van der Waals surface area contributed by atoms with E-state index in [1.807, 2.05) is 18.2 Å². The predicted molar refractivity (Wildman–Crippen MR) is 114 cm³/mol. The number of carbonyl (C=O) groups is 2. The maximum atomic E-state index is 12.3. The first kappa shape index (κ1) is 20.0. The zero-order chi connectivity index (χ0) is 20.5. The van der Waals surface area contributed by atoms with Crippen molar-refractivity contribution >= 4 is 29.0 Å². The number of hydrogen-bond acceptors (Lipinski definition) is 5. The van der Waals surface area contributed by atoms with Crippen LogP contribution in [0.15, 0.2) is 67.0 Å². The second kappa shape index (κ2) is 9.98. The van der Waals surface area contributed by atoms with Gasteiger partial charge in [-0.3, -0.25) is 9.59 Å². The van der Waals surface area contributed by atoms with Crippen molar-refractivity contribution < 1.29 is 9.59 Å². The summed E-state index contributed by atoms with van der Waals surface area (Å²) < 4.78 is 0. The minimum Gasteiger partial charge on any atom is -0.369 e. The SMILES string of the molecule is CC(=O)Nc1ccc(NC(=O)c2cnc(NCCCc3ccccc3)cn2)cc1. The predicted octanol–water partition coefficient (Wildman–Crippen LogP) is 3.73. The Morgan fingerprint density at radius 2 is 1.55 bits per heavy atom. The summed E-state index contributed by atoms with van der Waals surface area (Å²) in [6.45, 7) is 2.21. The van der Waals surface area contributed by atoms with Gasteiger partial charge in [0, 0.05) is 24.8 Å². The van der Waals surface area contributed by atoms with Crippen LogP contribution in [-0.2, 0) is 11.2 Å². The van der Waals surface area contributed by atoms with Gasteiger partial charge in [0.25, 0.3) is 5.91 Å². The van der Waals surface area contributed by atoms with Crippen LogP contribution < -0.4 is 16.0 Å². The highest BCUT2D eigenvalue weighted by Crippen LogP contribution is 2.14. The number of nitrogens with one attached hydrogen (secondary N) is 3. The molecule has 0 aliphatic heterocycles. The van der Waals surface area contributed by atoms with Gasteiger partial charge in [0.05, 0.1) is 12.4 Å². The van der Waals surface area contributed by atoms with Gasteiger partial charge in [-0.25, -0.2) is 9.97 Å². The lowest BCUT2D eigenvalue weighted by molar-refractivity contribution is -0.114. The topological polar surface area (TPSA) is 96.0 Å². The van der Waals surface area contributed by atoms with Crippen LogP contribution >= 0.6 is 0 Å². The first-order chi connectivity index (χ1) is 14.1. The van der Waals surface area contributed by atoms with E-state index in [1.165, 1.54) is 18.7 Å². The second-order valence-electron chi connectivity index (χ2n) is 6.52. The minimum atomic E-state index is -0.347. The number of aromatic nitrogens is 2. The normalized spacial score (nSPS) is 10.2. The van der Waals surface area contributed by atoms with Gasteiger partial charge in [-0.05, 0) is 42.7 Å². The Balaban J connectivity index is 1.46. The summed E-state index contributed by atoms with van der Waals surface area (Å²) in [6, 6.07) is 17.1. The number of aryl methyl sites for hydroxylation is 1. The van der Waals surface area contributed by atoms with Gasteiger partial charge in [0.1, 0.15) is 11.5 Å². The Morgan fingerprint density at radius 3 is 2.17 bits per heavy atom. The van der Waals surface area contributed by atoms with Crippen molar-refractivity contribution in [1.82, 2.24) is 9.97 Å². The number of anilines is 3. The summed E-state index contributed by atoms with van der Waals surface area (Å²) in [5.41, 5.74) is 2.80. The molecule has 0 aliphatic carbocycles. The van der Waals surface area contributed by atoms with E-state index in [1.54, 1.807) is 30.5 Å². The molecule has 3 N–H and O–H groups in total. The molecule has 7 nitrogen and oxygen atoms in total. The highest BCUT2D eigenvalue weighted by molar-refractivity contribution is 6.02. The molecule has 0 saturated carbocycles. The van der Waals surface area contributed by atoms with Crippen LogP contribution in [0.2, 0.25) is 0 Å². The number of hydrogen-bond donors (Lipinski definition) is 3. The number of nitrogens with zero attached hydrogens (tertiary/aromatic N) is 2. The fourth-order valence-corrected chi connectivity index (χ4v) is 2.73. The number of rotatable bonds is 8. The van der Waals surface area contributed by atoms with Crippen LogP contribution in [0.3, 0.4) is 0 Å². The summed E-state index contributed by atoms with van der Waals surface area (Å²) in [4.78, 5) is 31.8. The summed E-state index contributed by atoms with van der Waals surface area (Å²) in [6.07, 6.45) is 4.96. The Labute approximate surface area is 169 Å². The standard InChI is InChI=1S/C22H23N5O2/c1-16(28)26-18-9-11-19(12-10-18)27-22(29)20-14-25-21(15-24-20)23-13-5-8-17-6-3-2-4-7-17/h2-4,6-7,9-12,14-15H,5,8,13H2,1H3,(H,23,25)(H,26,28)(H,27,29). The third-order valence-corrected chi connectivity index (χ3v) is 4.14. The van der Waals surface area contributed by atoms with Gasteiger partial charge in [-0.15, -0.1) is 0 Å². The zero-order valence-electron chi connectivity index (χ0n) is 16.2. The Kier molecular flexibility index (Phi) is 6.89. The van der Waals surface area contributed by atoms with E-state index in [4.69, 9.17) is 0 Å². The van der Waals surface area contributed by atoms with Crippen molar-refractivity contribution in [3.05, 3.63) is 78.2 Å². The van der Waals surface area contributed by atoms with Crippen LogP contribution in [0.4, 0.5) is 17.2 Å². The Hall–Kier alpha value is -3.74. The van der Waals surface area contributed by atoms with Crippen LogP contribution in [0, 0.1) is 0 Å². The maximum Gasteiger partial charge on any atom is 0.275 e. The van der Waals surface area contributed by atoms with Crippen LogP contribution in [0.25, 0.3) is 0 Å². The molecule has 148 valence electrons. The minimum absolute atomic E-state index is 0.147. The van der Waals surface area contributed by atoms with E-state index in [2.05, 4.69) is 38.1 Å². The lowest BCUT2D eigenvalue weighted by Crippen LogP contribution is -2.15. The van der Waals surface area contributed by atoms with Crippen LogP contribution in [-0.4, -0.2) is 28.3 Å². The summed E-state index contributed by atoms with van der Waals surface area (Å²) in [5, 5.41) is 8.64. The van der Waals surface area contributed by atoms with Crippen molar-refractivity contribution in [1.29, 1.82) is 0 Å². The highest BCUT2D eigenvalue weighted by Gasteiger charge is 2.09. The fraction of sp³-hybridized carbons (Fsp3) is 0.182. The van der Waals surface area contributed by atoms with E-state index in [0.29, 0.717) is 17.2 Å². The molecule has 0 radical (unpaired) electrons. The highest BCUT2D eigenvalue weighted by atomic mass is 16.2. The average Bonchev–Trinajstić information content (AvgIpc) is 2.73. The molecular formula is C22H23N5O2. The van der Waals surface area contributed by atoms with E-state index in [-0.39, 0.29) is 17.5 Å². The van der Waals surface area contributed by atoms with E-state index in [0.717, 1.165) is 19.4 Å². The van der Waals surface area contributed by atoms with Crippen LogP contribution in [0.1, 0.15) is 29.4 Å². The monoisotopic (exact) mass is 389 g/mol. The molecule has 0 aliphatic rings. The van der Waals surface area contributed by atoms with Gasteiger partial charge in [-0.1, -0.05) is 30.3 Å². The third kappa shape index (κ3) is 6.42. The summed E-state index contributed by atoms with van der Waals surface area (Å²) in [7, 11) is 0. The average molecular weight is 389 g/mol. The lowest BCUT2D eigenvalue weighted by atomic mass is 10.1. The van der Waals surface area contributed by atoms with Gasteiger partial charge in [-0.2, -0.15) is 0 Å². The Bertz CT molecular complexity index is 941. The largest absolute Gasteiger partial charge is 0.369 e. The molecule has 3 rings (SSSR count). The maximum absolute atomic E-state index is 12.3. The molecular weight excluding hydrogens is 366 g/mol. The third-order valence-electron chi connectivity index (χ3n) is 4.14. The van der Waals surface area contributed by atoms with Crippen molar-refractivity contribution in [2.45, 2.75) is 19.8 Å². The molecule has 2 aromatic carbocycles. The van der Waals surface area contributed by atoms with Crippen LogP contribution in [0.5, 0.6) is 0 Å². The summed E-state index contributed by atoms with van der Waals surface area (Å²) >= 11 is 0. The van der Waals surface area contributed by atoms with E-state index >= 15 is 0 Å². The van der Waals surface area contributed by atoms with E-state index < -0.39 is 0 Å². The molecule has 0 spiro atoms. The molecule has 3 aromatic rings. The zero-order valence-corrected chi connectivity index (χ0v) is 16.2. The first-order valence-electron chi connectivity index (χ1n) is 9.39. The molecule has 0 bridgehead atoms. The van der Waals surface area contributed by atoms with Gasteiger partial charge < -0.3 is 16.0 Å². The molecule has 29 heavy (non-hydrogen) atoms. The fourth-order valence-electron chi connectivity index (χ4n) is 2.73. The Morgan fingerprint density at radius 1 is 0.862 bits per heavy atom. The number of carbonyl (C=O) groups excluding carboxylic acids is 2. The quantitative estimate of drug-likeness (QED) is 0.510. The summed E-state index contributed by atoms with van der Waals surface area (Å²) in [5.74, 6) is 0.139. The molecule has 1 heterocycles. The molecule has 0 saturated heterocycles. The lowest BCUT2D eigenvalue weighted by Gasteiger charge is -2.08. The molecule has 0 fully saturated rings. The number of amides is 2. The van der Waals surface area contributed by atoms with Crippen molar-refractivity contribution in [2.24, 2.45) is 0 Å². The second-order valence-corrected chi connectivity index (χ2v) is 6.52. The first-order valence-corrected chi connectivity index (χ1v) is 9.39. The van der Waals surface area contributed by atoms with Gasteiger partial charge >= 0.3 is 0 Å².